The van der Waals surface area contributed by atoms with E-state index in [1.807, 2.05) is 35.2 Å². The summed E-state index contributed by atoms with van der Waals surface area (Å²) in [5.74, 6) is 0.398. The van der Waals surface area contributed by atoms with Crippen molar-refractivity contribution < 1.29 is 14.1 Å². The van der Waals surface area contributed by atoms with Gasteiger partial charge in [0.2, 0.25) is 0 Å². The Kier molecular flexibility index (Phi) is 7.18. The topological polar surface area (TPSA) is 96.5 Å². The van der Waals surface area contributed by atoms with Crippen LogP contribution < -0.4 is 5.32 Å². The molecule has 2 fully saturated rings. The number of rotatable bonds is 7. The van der Waals surface area contributed by atoms with Gasteiger partial charge in [0.25, 0.3) is 11.8 Å². The molecule has 1 aromatic carbocycles. The molecule has 5 heterocycles. The molecule has 0 bridgehead atoms. The van der Waals surface area contributed by atoms with E-state index in [0.29, 0.717) is 45.0 Å². The highest BCUT2D eigenvalue weighted by Gasteiger charge is 2.27. The lowest BCUT2D eigenvalue weighted by Gasteiger charge is -2.34. The molecule has 0 atom stereocenters. The molecule has 9 nitrogen and oxygen atoms in total. The van der Waals surface area contributed by atoms with E-state index in [1.165, 1.54) is 11.3 Å². The third-order valence-corrected chi connectivity index (χ3v) is 8.88. The number of nitrogens with one attached hydrogen (secondary N) is 1. The van der Waals surface area contributed by atoms with Crippen LogP contribution in [0.1, 0.15) is 59.7 Å². The number of carbonyl (C=O) groups excluding carboxylic acids is 2. The number of fused-ring (bicyclic) bond motifs is 1. The van der Waals surface area contributed by atoms with Crippen LogP contribution in [0.5, 0.6) is 0 Å². The Morgan fingerprint density at radius 1 is 1.13 bits per heavy atom. The number of piperidine rings is 1. The summed E-state index contributed by atoms with van der Waals surface area (Å²) < 4.78 is 7.98. The first kappa shape index (κ1) is 26.0. The third kappa shape index (κ3) is 5.33. The van der Waals surface area contributed by atoms with Gasteiger partial charge in [0.05, 0.1) is 21.3 Å². The van der Waals surface area contributed by atoms with Crippen molar-refractivity contribution in [1.82, 2.24) is 30.1 Å². The minimum absolute atomic E-state index is 0.0148. The summed E-state index contributed by atoms with van der Waals surface area (Å²) in [7, 11) is 0. The van der Waals surface area contributed by atoms with Crippen molar-refractivity contribution in [1.29, 1.82) is 0 Å². The average molecular weight is 567 g/mol. The smallest absolute Gasteiger partial charge is 0.272 e. The Labute approximate surface area is 235 Å². The van der Waals surface area contributed by atoms with E-state index in [0.717, 1.165) is 55.8 Å². The Bertz CT molecular complexity index is 1510. The fraction of sp³-hybridized carbons (Fsp3) is 0.429. The highest BCUT2D eigenvalue weighted by atomic mass is 35.5. The molecule has 2 amide bonds. The molecule has 0 unspecified atom stereocenters. The van der Waals surface area contributed by atoms with Gasteiger partial charge >= 0.3 is 0 Å². The van der Waals surface area contributed by atoms with Crippen LogP contribution >= 0.6 is 22.9 Å². The van der Waals surface area contributed by atoms with Gasteiger partial charge in [-0.3, -0.25) is 14.3 Å². The molecule has 0 aliphatic carbocycles. The summed E-state index contributed by atoms with van der Waals surface area (Å²) in [6, 6.07) is 11.6. The maximum atomic E-state index is 13.5. The van der Waals surface area contributed by atoms with Gasteiger partial charge in [-0.05, 0) is 63.4 Å². The summed E-state index contributed by atoms with van der Waals surface area (Å²) in [5, 5.41) is 12.8. The maximum Gasteiger partial charge on any atom is 0.272 e. The highest BCUT2D eigenvalue weighted by Crippen LogP contribution is 2.32. The normalized spacial score (nSPS) is 16.7. The van der Waals surface area contributed by atoms with E-state index >= 15 is 0 Å². The van der Waals surface area contributed by atoms with E-state index in [4.69, 9.17) is 21.2 Å². The van der Waals surface area contributed by atoms with Crippen LogP contribution in [0.3, 0.4) is 0 Å². The molecule has 11 heteroatoms. The highest BCUT2D eigenvalue weighted by molar-refractivity contribution is 7.19. The molecule has 2 aliphatic heterocycles. The zero-order chi connectivity index (χ0) is 27.1. The number of benzene rings is 1. The number of aromatic nitrogens is 3. The molecule has 6 rings (SSSR count). The van der Waals surface area contributed by atoms with Crippen molar-refractivity contribution >= 4 is 45.7 Å². The lowest BCUT2D eigenvalue weighted by atomic mass is 10.0. The van der Waals surface area contributed by atoms with Crippen LogP contribution in [0, 0.1) is 0 Å². The molecular weight excluding hydrogens is 536 g/mol. The standard InChI is InChI=1S/C28H31ClN6O3S/c1-17(2)33-12-8-19(9-13-33)30-27(36)26-21-14-18(28(37)34-10-3-11-34)4-5-22(21)35(31-26)16-20-15-23(38-32-20)24-6-7-25(29)39-24/h4-7,14-15,17,19H,3,8-13,16H2,1-2H3,(H,30,36). The number of thiophene rings is 1. The molecule has 2 saturated heterocycles. The maximum absolute atomic E-state index is 13.5. The van der Waals surface area contributed by atoms with E-state index in [9.17, 15) is 9.59 Å². The van der Waals surface area contributed by atoms with Gasteiger partial charge in [0.15, 0.2) is 11.5 Å². The first-order chi connectivity index (χ1) is 18.9. The molecule has 2 aliphatic rings. The molecule has 4 aromatic rings. The van der Waals surface area contributed by atoms with Crippen molar-refractivity contribution in [3.63, 3.8) is 0 Å². The summed E-state index contributed by atoms with van der Waals surface area (Å²) in [4.78, 5) is 31.6. The van der Waals surface area contributed by atoms with Crippen LogP contribution in [0.2, 0.25) is 4.34 Å². The number of hydrogen-bond acceptors (Lipinski definition) is 7. The average Bonchev–Trinajstić information content (AvgIpc) is 3.62. The lowest BCUT2D eigenvalue weighted by Crippen LogP contribution is -2.46. The van der Waals surface area contributed by atoms with Crippen LogP contribution in [-0.4, -0.2) is 74.8 Å². The number of hydrogen-bond donors (Lipinski definition) is 1. The Morgan fingerprint density at radius 3 is 2.59 bits per heavy atom. The van der Waals surface area contributed by atoms with Crippen molar-refractivity contribution in [3.8, 4) is 10.6 Å². The van der Waals surface area contributed by atoms with Gasteiger partial charge in [0.1, 0.15) is 5.69 Å². The molecule has 1 N–H and O–H groups in total. The zero-order valence-corrected chi connectivity index (χ0v) is 23.6. The molecule has 204 valence electrons. The van der Waals surface area contributed by atoms with Gasteiger partial charge in [-0.2, -0.15) is 5.10 Å². The Balaban J connectivity index is 1.28. The van der Waals surface area contributed by atoms with Crippen LogP contribution in [-0.2, 0) is 6.54 Å². The fourth-order valence-electron chi connectivity index (χ4n) is 5.22. The SMILES string of the molecule is CC(C)N1CCC(NC(=O)c2nn(Cc3cc(-c4ccc(Cl)s4)on3)c3ccc(C(=O)N4CCC4)cc23)CC1. The summed E-state index contributed by atoms with van der Waals surface area (Å²) >= 11 is 7.50. The second-order valence-corrected chi connectivity index (χ2v) is 12.3. The Hall–Kier alpha value is -3.21. The molecule has 0 spiro atoms. The molecule has 39 heavy (non-hydrogen) atoms. The van der Waals surface area contributed by atoms with E-state index in [2.05, 4.69) is 29.2 Å². The van der Waals surface area contributed by atoms with Gasteiger partial charge in [-0.1, -0.05) is 16.8 Å². The number of carbonyl (C=O) groups is 2. The van der Waals surface area contributed by atoms with Gasteiger partial charge in [-0.15, -0.1) is 11.3 Å². The minimum atomic E-state index is -0.218. The summed E-state index contributed by atoms with van der Waals surface area (Å²) in [6.07, 6.45) is 2.82. The van der Waals surface area contributed by atoms with Crippen molar-refractivity contribution in [3.05, 3.63) is 57.7 Å². The van der Waals surface area contributed by atoms with Crippen LogP contribution in [0.15, 0.2) is 40.9 Å². The number of halogens is 1. The molecule has 3 aromatic heterocycles. The fourth-order valence-corrected chi connectivity index (χ4v) is 6.21. The van der Waals surface area contributed by atoms with Gasteiger partial charge < -0.3 is 19.6 Å². The van der Waals surface area contributed by atoms with E-state index < -0.39 is 0 Å². The predicted octanol–water partition coefficient (Wildman–Crippen LogP) is 4.90. The monoisotopic (exact) mass is 566 g/mol. The lowest BCUT2D eigenvalue weighted by molar-refractivity contribution is 0.0651. The van der Waals surface area contributed by atoms with Crippen LogP contribution in [0.25, 0.3) is 21.5 Å². The molecular formula is C28H31ClN6O3S. The zero-order valence-electron chi connectivity index (χ0n) is 22.0. The van der Waals surface area contributed by atoms with Crippen molar-refractivity contribution in [2.75, 3.05) is 26.2 Å². The largest absolute Gasteiger partial charge is 0.355 e. The third-order valence-electron chi connectivity index (χ3n) is 7.64. The second-order valence-electron chi connectivity index (χ2n) is 10.5. The first-order valence-corrected chi connectivity index (χ1v) is 14.6. The molecule has 0 radical (unpaired) electrons. The first-order valence-electron chi connectivity index (χ1n) is 13.4. The number of nitrogens with zero attached hydrogens (tertiary/aromatic N) is 5. The van der Waals surface area contributed by atoms with E-state index in [-0.39, 0.29) is 17.9 Å². The minimum Gasteiger partial charge on any atom is -0.355 e. The predicted molar refractivity (Wildman–Crippen MR) is 151 cm³/mol. The molecule has 0 saturated carbocycles. The van der Waals surface area contributed by atoms with E-state index in [1.54, 1.807) is 10.7 Å². The van der Waals surface area contributed by atoms with Crippen molar-refractivity contribution in [2.45, 2.75) is 51.7 Å². The second kappa shape index (κ2) is 10.7. The summed E-state index contributed by atoms with van der Waals surface area (Å²) in [5.41, 5.74) is 2.33. The van der Waals surface area contributed by atoms with Crippen LogP contribution in [0.4, 0.5) is 0 Å². The number of likely N-dealkylation sites (tertiary alicyclic amines) is 2. The Morgan fingerprint density at radius 2 is 1.92 bits per heavy atom. The summed E-state index contributed by atoms with van der Waals surface area (Å²) in [6.45, 7) is 8.16. The quantitative estimate of drug-likeness (QED) is 0.342. The van der Waals surface area contributed by atoms with Gasteiger partial charge in [0, 0.05) is 55.3 Å². The van der Waals surface area contributed by atoms with Gasteiger partial charge in [-0.25, -0.2) is 0 Å². The van der Waals surface area contributed by atoms with Crippen molar-refractivity contribution in [2.24, 2.45) is 0 Å². The number of amides is 2.